The number of carbonyl (C=O) groups excluding carboxylic acids is 2. The molecule has 114 valence electrons. The Kier molecular flexibility index (Phi) is 3.28. The van der Waals surface area contributed by atoms with Crippen molar-refractivity contribution in [1.82, 2.24) is 14.3 Å². The number of hydrogen-bond acceptors (Lipinski definition) is 5. The highest BCUT2D eigenvalue weighted by atomic mass is 16.5. The van der Waals surface area contributed by atoms with Crippen molar-refractivity contribution < 1.29 is 14.3 Å². The molecule has 22 heavy (non-hydrogen) atoms. The number of aryl methyl sites for hydroxylation is 1. The van der Waals surface area contributed by atoms with Crippen molar-refractivity contribution >= 4 is 17.7 Å². The summed E-state index contributed by atoms with van der Waals surface area (Å²) in [6.07, 6.45) is 0. The van der Waals surface area contributed by atoms with Crippen LogP contribution in [0, 0.1) is 6.92 Å². The lowest BCUT2D eigenvalue weighted by Gasteiger charge is -2.15. The van der Waals surface area contributed by atoms with Crippen LogP contribution in [0.5, 0.6) is 0 Å². The number of rotatable bonds is 3. The predicted octanol–water partition coefficient (Wildman–Crippen LogP) is 0.515. The number of benzene rings is 1. The van der Waals surface area contributed by atoms with Gasteiger partial charge in [0.15, 0.2) is 5.82 Å². The summed E-state index contributed by atoms with van der Waals surface area (Å²) < 4.78 is 6.41. The molecule has 8 heteroatoms. The maximum atomic E-state index is 12.4. The van der Waals surface area contributed by atoms with Crippen LogP contribution in [0.25, 0.3) is 0 Å². The van der Waals surface area contributed by atoms with Crippen molar-refractivity contribution in [2.24, 2.45) is 0 Å². The van der Waals surface area contributed by atoms with Crippen LogP contribution < -0.4 is 10.6 Å². The van der Waals surface area contributed by atoms with Crippen molar-refractivity contribution in [1.29, 1.82) is 0 Å². The number of amides is 1. The molecule has 0 unspecified atom stereocenters. The first kappa shape index (κ1) is 14.1. The lowest BCUT2D eigenvalue weighted by atomic mass is 10.2. The lowest BCUT2D eigenvalue weighted by molar-refractivity contribution is -0.141. The summed E-state index contributed by atoms with van der Waals surface area (Å²) in [4.78, 5) is 37.3. The zero-order valence-electron chi connectivity index (χ0n) is 12.1. The Hall–Kier alpha value is -2.90. The predicted molar refractivity (Wildman–Crippen MR) is 76.7 cm³/mol. The number of carbonyl (C=O) groups is 2. The summed E-state index contributed by atoms with van der Waals surface area (Å²) in [5.41, 5.74) is 1.08. The number of fused-ring (bicyclic) bond motifs is 1. The molecule has 8 nitrogen and oxygen atoms in total. The number of aromatic nitrogens is 3. The number of methoxy groups -OCH3 is 1. The van der Waals surface area contributed by atoms with E-state index >= 15 is 0 Å². The Morgan fingerprint density at radius 2 is 2.14 bits per heavy atom. The van der Waals surface area contributed by atoms with Gasteiger partial charge < -0.3 is 4.74 Å². The fourth-order valence-electron chi connectivity index (χ4n) is 2.36. The van der Waals surface area contributed by atoms with Gasteiger partial charge in [-0.25, -0.2) is 14.3 Å². The minimum Gasteiger partial charge on any atom is -0.468 e. The highest BCUT2D eigenvalue weighted by Crippen LogP contribution is 2.22. The molecule has 1 aliphatic rings. The Balaban J connectivity index is 1.93. The van der Waals surface area contributed by atoms with E-state index < -0.39 is 17.7 Å². The average Bonchev–Trinajstić information content (AvgIpc) is 2.97. The average molecular weight is 302 g/mol. The van der Waals surface area contributed by atoms with Crippen LogP contribution in [-0.4, -0.2) is 33.5 Å². The maximum Gasteiger partial charge on any atom is 0.354 e. The monoisotopic (exact) mass is 302 g/mol. The number of ether oxygens (including phenoxy) is 1. The Labute approximate surface area is 125 Å². The van der Waals surface area contributed by atoms with Gasteiger partial charge in [-0.05, 0) is 24.6 Å². The van der Waals surface area contributed by atoms with E-state index in [1.54, 1.807) is 6.07 Å². The Morgan fingerprint density at radius 3 is 2.77 bits per heavy atom. The van der Waals surface area contributed by atoms with E-state index in [2.05, 4.69) is 9.84 Å². The van der Waals surface area contributed by atoms with E-state index in [1.165, 1.54) is 12.0 Å². The molecule has 0 saturated carbocycles. The van der Waals surface area contributed by atoms with Crippen LogP contribution in [-0.2, 0) is 22.6 Å². The summed E-state index contributed by atoms with van der Waals surface area (Å²) in [6.45, 7) is 1.80. The van der Waals surface area contributed by atoms with E-state index in [-0.39, 0.29) is 13.1 Å². The van der Waals surface area contributed by atoms with E-state index in [0.29, 0.717) is 11.5 Å². The SMILES string of the molecule is COC(=O)Cn1nc2n(c1=O)C(=O)N(c1cccc(C)c1)C2. The van der Waals surface area contributed by atoms with Crippen LogP contribution in [0.4, 0.5) is 10.5 Å². The van der Waals surface area contributed by atoms with Gasteiger partial charge in [-0.2, -0.15) is 9.67 Å². The molecule has 3 rings (SSSR count). The second kappa shape index (κ2) is 5.14. The Bertz CT molecular complexity index is 820. The molecule has 0 N–H and O–H groups in total. The molecule has 0 atom stereocenters. The van der Waals surface area contributed by atoms with Gasteiger partial charge in [0.1, 0.15) is 6.54 Å². The van der Waals surface area contributed by atoms with Gasteiger partial charge >= 0.3 is 17.7 Å². The smallest absolute Gasteiger partial charge is 0.354 e. The molecule has 1 aromatic carbocycles. The molecule has 2 heterocycles. The number of hydrogen-bond donors (Lipinski definition) is 0. The normalized spacial score (nSPS) is 13.4. The summed E-state index contributed by atoms with van der Waals surface area (Å²) in [5.74, 6) is -0.290. The van der Waals surface area contributed by atoms with Gasteiger partial charge in [0.25, 0.3) is 0 Å². The summed E-state index contributed by atoms with van der Waals surface area (Å²) in [5, 5.41) is 4.03. The third-order valence-corrected chi connectivity index (χ3v) is 3.45. The fourth-order valence-corrected chi connectivity index (χ4v) is 2.36. The number of nitrogens with zero attached hydrogens (tertiary/aromatic N) is 4. The second-order valence-corrected chi connectivity index (χ2v) is 4.98. The van der Waals surface area contributed by atoms with Gasteiger partial charge in [0.2, 0.25) is 0 Å². The van der Waals surface area contributed by atoms with Crippen LogP contribution in [0.3, 0.4) is 0 Å². The topological polar surface area (TPSA) is 86.4 Å². The van der Waals surface area contributed by atoms with Gasteiger partial charge in [-0.15, -0.1) is 0 Å². The number of esters is 1. The summed E-state index contributed by atoms with van der Waals surface area (Å²) >= 11 is 0. The quantitative estimate of drug-likeness (QED) is 0.771. The molecule has 0 spiro atoms. The van der Waals surface area contributed by atoms with Crippen molar-refractivity contribution in [3.05, 3.63) is 46.1 Å². The van der Waals surface area contributed by atoms with Crippen molar-refractivity contribution in [3.63, 3.8) is 0 Å². The maximum absolute atomic E-state index is 12.4. The van der Waals surface area contributed by atoms with Crippen LogP contribution in [0.1, 0.15) is 11.4 Å². The minimum absolute atomic E-state index is 0.186. The van der Waals surface area contributed by atoms with E-state index in [1.807, 2.05) is 25.1 Å². The van der Waals surface area contributed by atoms with Gasteiger partial charge in [-0.1, -0.05) is 12.1 Å². The van der Waals surface area contributed by atoms with Crippen LogP contribution in [0.15, 0.2) is 29.1 Å². The van der Waals surface area contributed by atoms with E-state index in [9.17, 15) is 14.4 Å². The standard InChI is InChI=1S/C14H14N4O4/c1-9-4-3-5-10(6-9)16-7-11-15-17(8-12(19)22-2)14(21)18(11)13(16)20/h3-6H,7-8H2,1-2H3. The van der Waals surface area contributed by atoms with Crippen molar-refractivity contribution in [2.45, 2.75) is 20.0 Å². The minimum atomic E-state index is -0.638. The highest BCUT2D eigenvalue weighted by Gasteiger charge is 2.33. The molecule has 1 aliphatic heterocycles. The van der Waals surface area contributed by atoms with Crippen LogP contribution >= 0.6 is 0 Å². The lowest BCUT2D eigenvalue weighted by Crippen LogP contribution is -2.35. The largest absolute Gasteiger partial charge is 0.468 e. The molecule has 0 saturated heterocycles. The molecule has 1 aromatic heterocycles. The third kappa shape index (κ3) is 2.18. The molecule has 0 bridgehead atoms. The molecule has 2 aromatic rings. The Morgan fingerprint density at radius 1 is 1.36 bits per heavy atom. The molecular weight excluding hydrogens is 288 g/mol. The molecular formula is C14H14N4O4. The van der Waals surface area contributed by atoms with Crippen molar-refractivity contribution in [3.8, 4) is 0 Å². The summed E-state index contributed by atoms with van der Waals surface area (Å²) in [6, 6.07) is 6.95. The zero-order chi connectivity index (χ0) is 15.9. The van der Waals surface area contributed by atoms with Gasteiger partial charge in [0.05, 0.1) is 13.7 Å². The fraction of sp³-hybridized carbons (Fsp3) is 0.286. The third-order valence-electron chi connectivity index (χ3n) is 3.45. The van der Waals surface area contributed by atoms with E-state index in [4.69, 9.17) is 0 Å². The zero-order valence-corrected chi connectivity index (χ0v) is 12.1. The molecule has 0 radical (unpaired) electrons. The van der Waals surface area contributed by atoms with Gasteiger partial charge in [-0.3, -0.25) is 9.69 Å². The molecule has 1 amide bonds. The molecule has 0 aliphatic carbocycles. The first-order chi connectivity index (χ1) is 10.5. The number of anilines is 1. The van der Waals surface area contributed by atoms with Crippen molar-refractivity contribution in [2.75, 3.05) is 12.0 Å². The highest BCUT2D eigenvalue weighted by molar-refractivity contribution is 5.96. The first-order valence-corrected chi connectivity index (χ1v) is 6.65. The van der Waals surface area contributed by atoms with Gasteiger partial charge in [0, 0.05) is 5.69 Å². The first-order valence-electron chi connectivity index (χ1n) is 6.65. The van der Waals surface area contributed by atoms with E-state index in [0.717, 1.165) is 14.8 Å². The van der Waals surface area contributed by atoms with Crippen LogP contribution in [0.2, 0.25) is 0 Å². The second-order valence-electron chi connectivity index (χ2n) is 4.98. The molecule has 0 fully saturated rings. The summed E-state index contributed by atoms with van der Waals surface area (Å²) in [7, 11) is 1.22.